The van der Waals surface area contributed by atoms with Gasteiger partial charge in [-0.25, -0.2) is 0 Å². The molecule has 1 aromatic carbocycles. The number of likely N-dealkylation sites (tertiary alicyclic amines) is 1. The van der Waals surface area contributed by atoms with Crippen molar-refractivity contribution >= 4 is 56.2 Å². The van der Waals surface area contributed by atoms with E-state index in [9.17, 15) is 9.59 Å². The number of aromatic nitrogens is 1. The third-order valence-corrected chi connectivity index (χ3v) is 10.8. The summed E-state index contributed by atoms with van der Waals surface area (Å²) in [5.74, 6) is 3.59. The van der Waals surface area contributed by atoms with Crippen LogP contribution in [-0.4, -0.2) is 65.3 Å². The van der Waals surface area contributed by atoms with Crippen LogP contribution in [0.2, 0.25) is 0 Å². The summed E-state index contributed by atoms with van der Waals surface area (Å²) >= 11 is 1.60. The Labute approximate surface area is 228 Å². The summed E-state index contributed by atoms with van der Waals surface area (Å²) < 4.78 is 6.02. The molecule has 5 aliphatic rings. The number of halogens is 1. The van der Waals surface area contributed by atoms with E-state index in [0.717, 1.165) is 64.2 Å². The van der Waals surface area contributed by atoms with Gasteiger partial charge in [0.1, 0.15) is 5.82 Å². The van der Waals surface area contributed by atoms with Crippen molar-refractivity contribution in [3.8, 4) is 0 Å². The molecule has 3 aliphatic carbocycles. The fraction of sp³-hybridized carbons (Fsp3) is 0.679. The number of anilines is 1. The standard InChI is InChI=1S/C28H36N4O2S.BrH/c33-27-24-18-9-10-19(15-18)25(24)28(34)32(27)17-21-6-2-1-5-20(21)16-30-11-13-31(14-12-30)26-22-7-3-4-8-23(22)35-29-26;/h3-4,7-8,18-21,24-25H,1-2,5-6,9-17H2;1H/t18-,19-,20-,21-,24-,25+;/m0./s1. The molecule has 1 aromatic heterocycles. The smallest absolute Gasteiger partial charge is 0.233 e. The average Bonchev–Trinajstić information content (AvgIpc) is 3.66. The van der Waals surface area contributed by atoms with Crippen molar-refractivity contribution in [3.63, 3.8) is 0 Å². The van der Waals surface area contributed by atoms with E-state index in [4.69, 9.17) is 4.37 Å². The van der Waals surface area contributed by atoms with Crippen LogP contribution < -0.4 is 4.90 Å². The average molecular weight is 574 g/mol. The molecular weight excluding hydrogens is 536 g/mol. The minimum Gasteiger partial charge on any atom is -0.353 e. The summed E-state index contributed by atoms with van der Waals surface area (Å²) in [4.78, 5) is 33.4. The van der Waals surface area contributed by atoms with E-state index in [1.165, 1.54) is 29.3 Å². The van der Waals surface area contributed by atoms with Crippen LogP contribution in [-0.2, 0) is 9.59 Å². The van der Waals surface area contributed by atoms with Crippen molar-refractivity contribution in [1.29, 1.82) is 0 Å². The van der Waals surface area contributed by atoms with Crippen LogP contribution in [0.3, 0.4) is 0 Å². The first-order valence-corrected chi connectivity index (χ1v) is 14.6. The number of imide groups is 1. The van der Waals surface area contributed by atoms with Crippen molar-refractivity contribution in [2.24, 2.45) is 35.5 Å². The number of carbonyl (C=O) groups excluding carboxylic acids is 2. The Morgan fingerprint density at radius 2 is 1.47 bits per heavy atom. The van der Waals surface area contributed by atoms with Gasteiger partial charge in [-0.1, -0.05) is 25.0 Å². The van der Waals surface area contributed by atoms with Crippen LogP contribution in [0.25, 0.3) is 10.1 Å². The Kier molecular flexibility index (Phi) is 6.88. The van der Waals surface area contributed by atoms with Gasteiger partial charge in [0.15, 0.2) is 0 Å². The topological polar surface area (TPSA) is 56.8 Å². The molecule has 7 rings (SSSR count). The maximum atomic E-state index is 13.3. The zero-order valence-corrected chi connectivity index (χ0v) is 23.4. The summed E-state index contributed by atoms with van der Waals surface area (Å²) in [6, 6.07) is 8.54. The quantitative estimate of drug-likeness (QED) is 0.480. The number of piperazine rings is 1. The summed E-state index contributed by atoms with van der Waals surface area (Å²) in [7, 11) is 0. The lowest BCUT2D eigenvalue weighted by Gasteiger charge is -2.40. The second kappa shape index (κ2) is 9.99. The van der Waals surface area contributed by atoms with E-state index >= 15 is 0 Å². The number of rotatable bonds is 5. The Hall–Kier alpha value is -1.51. The predicted octanol–water partition coefficient (Wildman–Crippen LogP) is 4.83. The van der Waals surface area contributed by atoms with E-state index < -0.39 is 0 Å². The molecule has 2 aliphatic heterocycles. The van der Waals surface area contributed by atoms with E-state index in [0.29, 0.717) is 30.2 Å². The molecule has 2 saturated heterocycles. The normalized spacial score (nSPS) is 34.4. The van der Waals surface area contributed by atoms with Crippen LogP contribution in [0.5, 0.6) is 0 Å². The second-order valence-electron chi connectivity index (χ2n) is 11.8. The third kappa shape index (κ3) is 4.11. The number of amides is 2. The highest BCUT2D eigenvalue weighted by Gasteiger charge is 2.61. The van der Waals surface area contributed by atoms with Crippen LogP contribution in [0.4, 0.5) is 5.82 Å². The molecule has 3 heterocycles. The monoisotopic (exact) mass is 572 g/mol. The van der Waals surface area contributed by atoms with Gasteiger partial charge in [-0.15, -0.1) is 17.0 Å². The minimum atomic E-state index is 0. The minimum absolute atomic E-state index is 0. The van der Waals surface area contributed by atoms with Crippen molar-refractivity contribution < 1.29 is 9.59 Å². The maximum absolute atomic E-state index is 13.3. The first kappa shape index (κ1) is 24.8. The molecule has 36 heavy (non-hydrogen) atoms. The van der Waals surface area contributed by atoms with Crippen molar-refractivity contribution in [1.82, 2.24) is 14.2 Å². The number of fused-ring (bicyclic) bond motifs is 6. The summed E-state index contributed by atoms with van der Waals surface area (Å²) in [6.45, 7) is 5.93. The third-order valence-electron chi connectivity index (χ3n) is 10.0. The van der Waals surface area contributed by atoms with Crippen LogP contribution in [0, 0.1) is 35.5 Å². The number of nitrogens with zero attached hydrogens (tertiary/aromatic N) is 4. The zero-order chi connectivity index (χ0) is 23.5. The Morgan fingerprint density at radius 1 is 0.833 bits per heavy atom. The molecule has 0 N–H and O–H groups in total. The second-order valence-corrected chi connectivity index (χ2v) is 12.6. The zero-order valence-electron chi connectivity index (χ0n) is 20.9. The van der Waals surface area contributed by atoms with Gasteiger partial charge in [0, 0.05) is 44.7 Å². The van der Waals surface area contributed by atoms with Gasteiger partial charge in [-0.3, -0.25) is 19.4 Å². The first-order valence-electron chi connectivity index (χ1n) is 13.8. The summed E-state index contributed by atoms with van der Waals surface area (Å²) in [5, 5.41) is 1.27. The highest BCUT2D eigenvalue weighted by molar-refractivity contribution is 8.93. The van der Waals surface area contributed by atoms with E-state index in [1.54, 1.807) is 16.4 Å². The highest BCUT2D eigenvalue weighted by Crippen LogP contribution is 2.56. The number of hydrogen-bond acceptors (Lipinski definition) is 6. The van der Waals surface area contributed by atoms with Crippen molar-refractivity contribution in [3.05, 3.63) is 24.3 Å². The molecule has 194 valence electrons. The van der Waals surface area contributed by atoms with Gasteiger partial charge in [-0.05, 0) is 79.4 Å². The first-order chi connectivity index (χ1) is 17.2. The molecule has 6 nitrogen and oxygen atoms in total. The molecule has 0 spiro atoms. The molecule has 2 bridgehead atoms. The molecule has 5 fully saturated rings. The summed E-state index contributed by atoms with van der Waals surface area (Å²) in [5.41, 5.74) is 0. The lowest BCUT2D eigenvalue weighted by molar-refractivity contribution is -0.142. The van der Waals surface area contributed by atoms with Crippen LogP contribution in [0.1, 0.15) is 44.9 Å². The molecule has 0 radical (unpaired) electrons. The lowest BCUT2D eigenvalue weighted by atomic mass is 9.78. The number of benzene rings is 1. The van der Waals surface area contributed by atoms with Crippen LogP contribution in [0.15, 0.2) is 24.3 Å². The Bertz CT molecular complexity index is 1100. The fourth-order valence-electron chi connectivity index (χ4n) is 8.22. The highest BCUT2D eigenvalue weighted by atomic mass is 79.9. The van der Waals surface area contributed by atoms with Gasteiger partial charge in [0.05, 0.1) is 16.5 Å². The Morgan fingerprint density at radius 3 is 2.17 bits per heavy atom. The Balaban J connectivity index is 0.00000240. The molecule has 2 aromatic rings. The van der Waals surface area contributed by atoms with Crippen molar-refractivity contribution in [2.45, 2.75) is 44.9 Å². The van der Waals surface area contributed by atoms with Crippen molar-refractivity contribution in [2.75, 3.05) is 44.2 Å². The van der Waals surface area contributed by atoms with Gasteiger partial charge in [-0.2, -0.15) is 4.37 Å². The van der Waals surface area contributed by atoms with E-state index in [-0.39, 0.29) is 40.6 Å². The lowest BCUT2D eigenvalue weighted by Crippen LogP contribution is -2.49. The van der Waals surface area contributed by atoms with Gasteiger partial charge < -0.3 is 4.90 Å². The SMILES string of the molecule is Br.O=C1[C@@H]2[C@H]3CC[C@@H](C3)[C@@H]2C(=O)N1C[C@@H]1CCCC[C@H]1CN1CCN(c2nsc3ccccc23)CC1. The number of carbonyl (C=O) groups is 2. The number of hydrogen-bond donors (Lipinski definition) is 0. The predicted molar refractivity (Wildman–Crippen MR) is 149 cm³/mol. The largest absolute Gasteiger partial charge is 0.353 e. The molecule has 0 unspecified atom stereocenters. The molecule has 2 amide bonds. The molecule has 3 saturated carbocycles. The van der Waals surface area contributed by atoms with Gasteiger partial charge in [0.2, 0.25) is 11.8 Å². The fourth-order valence-corrected chi connectivity index (χ4v) is 9.02. The van der Waals surface area contributed by atoms with Crippen LogP contribution >= 0.6 is 28.5 Å². The van der Waals surface area contributed by atoms with Gasteiger partial charge >= 0.3 is 0 Å². The van der Waals surface area contributed by atoms with E-state index in [2.05, 4.69) is 34.1 Å². The molecule has 8 heteroatoms. The van der Waals surface area contributed by atoms with E-state index in [1.807, 2.05) is 0 Å². The molecule has 6 atom stereocenters. The molecular formula is C28H37BrN4O2S. The summed E-state index contributed by atoms with van der Waals surface area (Å²) in [6.07, 6.45) is 8.35. The van der Waals surface area contributed by atoms with Gasteiger partial charge in [0.25, 0.3) is 0 Å². The maximum Gasteiger partial charge on any atom is 0.233 e.